The minimum atomic E-state index is -2.97. The van der Waals surface area contributed by atoms with Crippen molar-refractivity contribution in [3.8, 4) is 11.8 Å². The Balaban J connectivity index is 1.93. The van der Waals surface area contributed by atoms with E-state index in [0.717, 1.165) is 0 Å². The van der Waals surface area contributed by atoms with Gasteiger partial charge in [0.05, 0.1) is 22.2 Å². The van der Waals surface area contributed by atoms with E-state index in [0.29, 0.717) is 16.9 Å². The third kappa shape index (κ3) is 5.48. The maximum Gasteiger partial charge on any atom is 0.387 e. The van der Waals surface area contributed by atoms with Crippen LogP contribution in [0.4, 0.5) is 20.2 Å². The highest BCUT2D eigenvalue weighted by Crippen LogP contribution is 2.28. The van der Waals surface area contributed by atoms with Crippen LogP contribution in [0.2, 0.25) is 10.0 Å². The van der Waals surface area contributed by atoms with Gasteiger partial charge in [0.2, 0.25) is 5.91 Å². The average molecular weight is 386 g/mol. The Kier molecular flexibility index (Phi) is 6.39. The van der Waals surface area contributed by atoms with Crippen LogP contribution in [0.25, 0.3) is 0 Å². The van der Waals surface area contributed by atoms with Gasteiger partial charge in [-0.2, -0.15) is 14.0 Å². The highest BCUT2D eigenvalue weighted by Gasteiger charge is 2.10. The smallest absolute Gasteiger partial charge is 0.387 e. The van der Waals surface area contributed by atoms with E-state index in [1.54, 1.807) is 6.07 Å². The van der Waals surface area contributed by atoms with Crippen LogP contribution in [0.1, 0.15) is 5.56 Å². The monoisotopic (exact) mass is 385 g/mol. The van der Waals surface area contributed by atoms with E-state index in [-0.39, 0.29) is 28.2 Å². The lowest BCUT2D eigenvalue weighted by Gasteiger charge is -2.11. The van der Waals surface area contributed by atoms with Crippen LogP contribution in [0.5, 0.6) is 5.75 Å². The van der Waals surface area contributed by atoms with Crippen LogP contribution in [0, 0.1) is 11.3 Å². The molecule has 0 atom stereocenters. The van der Waals surface area contributed by atoms with Gasteiger partial charge in [0.25, 0.3) is 0 Å². The van der Waals surface area contributed by atoms with Gasteiger partial charge in [0.15, 0.2) is 0 Å². The summed E-state index contributed by atoms with van der Waals surface area (Å²) in [6.07, 6.45) is 0. The van der Waals surface area contributed by atoms with Gasteiger partial charge in [-0.25, -0.2) is 0 Å². The van der Waals surface area contributed by atoms with E-state index in [1.807, 2.05) is 6.07 Å². The minimum Gasteiger partial charge on any atom is -0.433 e. The lowest BCUT2D eigenvalue weighted by Crippen LogP contribution is -2.21. The Morgan fingerprint density at radius 1 is 1.16 bits per heavy atom. The first-order valence-corrected chi connectivity index (χ1v) is 7.62. The zero-order chi connectivity index (χ0) is 18.4. The molecule has 0 bridgehead atoms. The number of ether oxygens (including phenoxy) is 1. The fourth-order valence-electron chi connectivity index (χ4n) is 1.87. The van der Waals surface area contributed by atoms with E-state index >= 15 is 0 Å². The van der Waals surface area contributed by atoms with E-state index in [1.165, 1.54) is 30.3 Å². The number of hydrogen-bond donors (Lipinski definition) is 2. The number of rotatable bonds is 6. The molecule has 0 aliphatic rings. The van der Waals surface area contributed by atoms with Crippen molar-refractivity contribution in [2.24, 2.45) is 0 Å². The molecule has 1 amide bonds. The summed E-state index contributed by atoms with van der Waals surface area (Å²) in [6, 6.07) is 10.5. The first-order valence-electron chi connectivity index (χ1n) is 6.87. The van der Waals surface area contributed by atoms with Crippen molar-refractivity contribution >= 4 is 40.5 Å². The molecule has 0 heterocycles. The number of benzene rings is 2. The molecular weight excluding hydrogens is 375 g/mol. The van der Waals surface area contributed by atoms with Crippen LogP contribution in [0.15, 0.2) is 36.4 Å². The Labute approximate surface area is 152 Å². The van der Waals surface area contributed by atoms with Gasteiger partial charge >= 0.3 is 6.61 Å². The first kappa shape index (κ1) is 18.8. The van der Waals surface area contributed by atoms with E-state index < -0.39 is 6.61 Å². The topological polar surface area (TPSA) is 74.2 Å². The van der Waals surface area contributed by atoms with Crippen molar-refractivity contribution in [1.29, 1.82) is 5.26 Å². The van der Waals surface area contributed by atoms with Gasteiger partial charge in [-0.1, -0.05) is 23.2 Å². The normalized spacial score (nSPS) is 10.2. The van der Waals surface area contributed by atoms with Gasteiger partial charge < -0.3 is 15.4 Å². The maximum atomic E-state index is 12.2. The number of carbonyl (C=O) groups excluding carboxylic acids is 1. The molecule has 25 heavy (non-hydrogen) atoms. The van der Waals surface area contributed by atoms with Crippen LogP contribution in [-0.4, -0.2) is 19.1 Å². The predicted molar refractivity (Wildman–Crippen MR) is 91.4 cm³/mol. The number of nitriles is 1. The van der Waals surface area contributed by atoms with Gasteiger partial charge in [-0.15, -0.1) is 0 Å². The number of hydrogen-bond acceptors (Lipinski definition) is 4. The van der Waals surface area contributed by atoms with Gasteiger partial charge in [-0.3, -0.25) is 4.79 Å². The second kappa shape index (κ2) is 8.51. The zero-order valence-electron chi connectivity index (χ0n) is 12.5. The molecule has 0 radical (unpaired) electrons. The summed E-state index contributed by atoms with van der Waals surface area (Å²) in [5.74, 6) is -0.524. The van der Waals surface area contributed by atoms with Crippen molar-refractivity contribution in [2.45, 2.75) is 6.61 Å². The summed E-state index contributed by atoms with van der Waals surface area (Å²) >= 11 is 11.7. The Bertz CT molecular complexity index is 826. The summed E-state index contributed by atoms with van der Waals surface area (Å²) in [7, 11) is 0. The quantitative estimate of drug-likeness (QED) is 0.766. The summed E-state index contributed by atoms with van der Waals surface area (Å²) in [5, 5.41) is 14.4. The van der Waals surface area contributed by atoms with Crippen LogP contribution in [0.3, 0.4) is 0 Å². The van der Waals surface area contributed by atoms with Gasteiger partial charge in [0.1, 0.15) is 11.8 Å². The zero-order valence-corrected chi connectivity index (χ0v) is 14.0. The molecule has 2 rings (SSSR count). The molecule has 2 aromatic rings. The van der Waals surface area contributed by atoms with Crippen LogP contribution >= 0.6 is 23.2 Å². The molecule has 0 unspecified atom stereocenters. The molecule has 5 nitrogen and oxygen atoms in total. The molecule has 0 aliphatic heterocycles. The maximum absolute atomic E-state index is 12.2. The fourth-order valence-corrected chi connectivity index (χ4v) is 2.32. The predicted octanol–water partition coefficient (Wildman–Crippen LogP) is 4.52. The molecule has 0 fully saturated rings. The number of alkyl halides is 2. The molecule has 0 saturated carbocycles. The molecule has 0 aromatic heterocycles. The largest absolute Gasteiger partial charge is 0.433 e. The number of carbonyl (C=O) groups is 1. The standard InChI is InChI=1S/C16H11Cl2F2N3O2/c17-12-6-11(2-1-9(12)7-21)23-15(24)8-22-10-3-4-14(13(18)5-10)25-16(19)20/h1-6,16,22H,8H2,(H,23,24). The van der Waals surface area contributed by atoms with Gasteiger partial charge in [-0.05, 0) is 36.4 Å². The number of nitrogens with zero attached hydrogens (tertiary/aromatic N) is 1. The number of amides is 1. The Morgan fingerprint density at radius 3 is 2.44 bits per heavy atom. The Hall–Kier alpha value is -2.56. The van der Waals surface area contributed by atoms with Crippen molar-refractivity contribution < 1.29 is 18.3 Å². The molecule has 9 heteroatoms. The minimum absolute atomic E-state index is 0.00965. The SMILES string of the molecule is N#Cc1ccc(NC(=O)CNc2ccc(OC(F)F)c(Cl)c2)cc1Cl. The van der Waals surface area contributed by atoms with E-state index in [4.69, 9.17) is 28.5 Å². The molecule has 0 saturated heterocycles. The summed E-state index contributed by atoms with van der Waals surface area (Å²) in [4.78, 5) is 11.9. The van der Waals surface area contributed by atoms with Crippen molar-refractivity contribution in [3.05, 3.63) is 52.0 Å². The van der Waals surface area contributed by atoms with Crippen LogP contribution < -0.4 is 15.4 Å². The first-order chi connectivity index (χ1) is 11.9. The van der Waals surface area contributed by atoms with E-state index in [2.05, 4.69) is 15.4 Å². The highest BCUT2D eigenvalue weighted by atomic mass is 35.5. The summed E-state index contributed by atoms with van der Waals surface area (Å²) in [5.41, 5.74) is 1.20. The average Bonchev–Trinajstić information content (AvgIpc) is 2.55. The van der Waals surface area contributed by atoms with Crippen molar-refractivity contribution in [2.75, 3.05) is 17.2 Å². The molecule has 2 aromatic carbocycles. The van der Waals surface area contributed by atoms with Crippen LogP contribution in [-0.2, 0) is 4.79 Å². The third-order valence-corrected chi connectivity index (χ3v) is 3.58. The van der Waals surface area contributed by atoms with E-state index in [9.17, 15) is 13.6 Å². The summed E-state index contributed by atoms with van der Waals surface area (Å²) < 4.78 is 28.5. The molecule has 2 N–H and O–H groups in total. The lowest BCUT2D eigenvalue weighted by molar-refractivity contribution is -0.114. The molecule has 130 valence electrons. The third-order valence-electron chi connectivity index (χ3n) is 2.97. The molecular formula is C16H11Cl2F2N3O2. The second-order valence-electron chi connectivity index (χ2n) is 4.73. The summed E-state index contributed by atoms with van der Waals surface area (Å²) in [6.45, 7) is -3.07. The van der Waals surface area contributed by atoms with Crippen molar-refractivity contribution in [3.63, 3.8) is 0 Å². The number of anilines is 2. The number of nitrogens with one attached hydrogen (secondary N) is 2. The highest BCUT2D eigenvalue weighted by molar-refractivity contribution is 6.32. The second-order valence-corrected chi connectivity index (χ2v) is 5.55. The number of halogens is 4. The fraction of sp³-hybridized carbons (Fsp3) is 0.125. The van der Waals surface area contributed by atoms with Crippen molar-refractivity contribution in [1.82, 2.24) is 0 Å². The molecule has 0 aliphatic carbocycles. The Morgan fingerprint density at radius 2 is 1.84 bits per heavy atom. The van der Waals surface area contributed by atoms with Gasteiger partial charge in [0, 0.05) is 11.4 Å². The lowest BCUT2D eigenvalue weighted by atomic mass is 10.2. The molecule has 0 spiro atoms.